The Kier molecular flexibility index (Phi) is 1.89. The number of aromatic nitrogens is 2. The summed E-state index contributed by atoms with van der Waals surface area (Å²) in [7, 11) is 0. The summed E-state index contributed by atoms with van der Waals surface area (Å²) in [6, 6.07) is 0. The van der Waals surface area contributed by atoms with Crippen molar-refractivity contribution in [1.82, 2.24) is 9.97 Å². The van der Waals surface area contributed by atoms with Gasteiger partial charge in [-0.25, -0.2) is 4.98 Å². The fourth-order valence-corrected chi connectivity index (χ4v) is 2.18. The highest BCUT2D eigenvalue weighted by Crippen LogP contribution is 2.44. The van der Waals surface area contributed by atoms with E-state index in [0.717, 1.165) is 12.8 Å². The summed E-state index contributed by atoms with van der Waals surface area (Å²) in [6.45, 7) is 1.90. The van der Waals surface area contributed by atoms with Gasteiger partial charge < -0.3 is 10.6 Å². The van der Waals surface area contributed by atoms with Crippen molar-refractivity contribution in [3.8, 4) is 0 Å². The van der Waals surface area contributed by atoms with Crippen LogP contribution in [0.15, 0.2) is 6.20 Å². The molecule has 0 saturated heterocycles. The lowest BCUT2D eigenvalue weighted by Crippen LogP contribution is -2.52. The molecule has 1 aliphatic heterocycles. The first-order valence-corrected chi connectivity index (χ1v) is 5.59. The molecule has 1 atom stereocenters. The molecule has 1 aromatic rings. The zero-order valence-corrected chi connectivity index (χ0v) is 9.51. The molecule has 0 spiro atoms. The third-order valence-electron chi connectivity index (χ3n) is 3.25. The van der Waals surface area contributed by atoms with Crippen molar-refractivity contribution in [3.05, 3.63) is 11.5 Å². The number of carbonyl (C=O) groups is 1. The van der Waals surface area contributed by atoms with Crippen molar-refractivity contribution < 1.29 is 4.79 Å². The number of halogens is 1. The molecule has 6 heteroatoms. The van der Waals surface area contributed by atoms with Gasteiger partial charge >= 0.3 is 0 Å². The summed E-state index contributed by atoms with van der Waals surface area (Å²) in [5.74, 6) is 0.969. The number of anilines is 2. The average Bonchev–Trinajstić information content (AvgIpc) is 3.04. The largest absolute Gasteiger partial charge is 0.354 e. The smallest absolute Gasteiger partial charge is 0.250 e. The van der Waals surface area contributed by atoms with Crippen LogP contribution >= 0.6 is 11.6 Å². The van der Waals surface area contributed by atoms with Crippen LogP contribution in [-0.4, -0.2) is 21.4 Å². The van der Waals surface area contributed by atoms with Crippen LogP contribution in [-0.2, 0) is 4.79 Å². The molecule has 1 amide bonds. The van der Waals surface area contributed by atoms with Crippen LogP contribution < -0.4 is 10.6 Å². The Morgan fingerprint density at radius 2 is 2.31 bits per heavy atom. The van der Waals surface area contributed by atoms with Gasteiger partial charge in [0.15, 0.2) is 5.82 Å². The minimum Gasteiger partial charge on any atom is -0.354 e. The van der Waals surface area contributed by atoms with Crippen LogP contribution in [0.3, 0.4) is 0 Å². The predicted octanol–water partition coefficient (Wildman–Crippen LogP) is 1.66. The van der Waals surface area contributed by atoms with Crippen LogP contribution in [0.1, 0.15) is 19.8 Å². The first-order chi connectivity index (χ1) is 7.59. The minimum atomic E-state index is -0.565. The molecular weight excluding hydrogens is 228 g/mol. The molecule has 5 nitrogen and oxygen atoms in total. The van der Waals surface area contributed by atoms with Crippen molar-refractivity contribution in [2.45, 2.75) is 25.3 Å². The number of amides is 1. The van der Waals surface area contributed by atoms with Crippen molar-refractivity contribution in [2.24, 2.45) is 5.92 Å². The highest BCUT2D eigenvalue weighted by atomic mass is 35.5. The molecule has 3 rings (SSSR count). The first kappa shape index (κ1) is 9.84. The van der Waals surface area contributed by atoms with E-state index in [-0.39, 0.29) is 11.2 Å². The van der Waals surface area contributed by atoms with Crippen molar-refractivity contribution in [1.29, 1.82) is 0 Å². The Labute approximate surface area is 97.6 Å². The Morgan fingerprint density at radius 3 is 3.00 bits per heavy atom. The summed E-state index contributed by atoms with van der Waals surface area (Å²) in [4.78, 5) is 19.9. The zero-order valence-electron chi connectivity index (χ0n) is 8.75. The monoisotopic (exact) mass is 238 g/mol. The second kappa shape index (κ2) is 3.07. The molecule has 2 N–H and O–H groups in total. The molecule has 1 aliphatic carbocycles. The van der Waals surface area contributed by atoms with Crippen LogP contribution in [0, 0.1) is 5.92 Å². The second-order valence-corrected chi connectivity index (χ2v) is 4.80. The summed E-state index contributed by atoms with van der Waals surface area (Å²) >= 11 is 5.73. The van der Waals surface area contributed by atoms with E-state index in [2.05, 4.69) is 20.6 Å². The fraction of sp³-hybridized carbons (Fsp3) is 0.500. The maximum Gasteiger partial charge on any atom is 0.250 e. The Bertz CT molecular complexity index is 474. The number of fused-ring (bicyclic) bond motifs is 1. The molecule has 0 bridgehead atoms. The standard InChI is InChI=1S/C10H11ClN4O/c1-10(5-2-3-5)8(16)13-6-4-12-9(11)14-7(6)15-10/h4-5H,2-3H2,1H3,(H,13,16)(H,12,14,15). The van der Waals surface area contributed by atoms with Crippen LogP contribution in [0.4, 0.5) is 11.5 Å². The van der Waals surface area contributed by atoms with E-state index in [0.29, 0.717) is 17.4 Å². The molecular formula is C10H11ClN4O. The maximum absolute atomic E-state index is 12.0. The van der Waals surface area contributed by atoms with Crippen molar-refractivity contribution >= 4 is 29.0 Å². The minimum absolute atomic E-state index is 0.0200. The van der Waals surface area contributed by atoms with E-state index < -0.39 is 5.54 Å². The summed E-state index contributed by atoms with van der Waals surface area (Å²) in [5, 5.41) is 6.17. The van der Waals surface area contributed by atoms with E-state index in [1.54, 1.807) is 0 Å². The van der Waals surface area contributed by atoms with Gasteiger partial charge in [0, 0.05) is 0 Å². The second-order valence-electron chi connectivity index (χ2n) is 4.46. The summed E-state index contributed by atoms with van der Waals surface area (Å²) < 4.78 is 0. The number of rotatable bonds is 1. The topological polar surface area (TPSA) is 66.9 Å². The third kappa shape index (κ3) is 1.35. The molecule has 84 valence electrons. The fourth-order valence-electron chi connectivity index (χ4n) is 2.05. The highest BCUT2D eigenvalue weighted by Gasteiger charge is 2.49. The van der Waals surface area contributed by atoms with E-state index in [4.69, 9.17) is 11.6 Å². The lowest BCUT2D eigenvalue weighted by Gasteiger charge is -2.35. The Hall–Kier alpha value is -1.36. The summed E-state index contributed by atoms with van der Waals surface area (Å²) in [5.41, 5.74) is 0.0255. The molecule has 2 heterocycles. The average molecular weight is 239 g/mol. The van der Waals surface area contributed by atoms with Gasteiger partial charge in [-0.05, 0) is 37.3 Å². The first-order valence-electron chi connectivity index (χ1n) is 5.22. The van der Waals surface area contributed by atoms with Crippen molar-refractivity contribution in [2.75, 3.05) is 10.6 Å². The molecule has 2 aliphatic rings. The van der Waals surface area contributed by atoms with E-state index in [1.165, 1.54) is 6.20 Å². The molecule has 0 radical (unpaired) electrons. The molecule has 1 unspecified atom stereocenters. The number of nitrogens with one attached hydrogen (secondary N) is 2. The number of hydrogen-bond donors (Lipinski definition) is 2. The van der Waals surface area contributed by atoms with Crippen LogP contribution in [0.2, 0.25) is 5.28 Å². The quantitative estimate of drug-likeness (QED) is 0.731. The number of nitrogens with zero attached hydrogens (tertiary/aromatic N) is 2. The van der Waals surface area contributed by atoms with Gasteiger partial charge in [0.1, 0.15) is 11.2 Å². The van der Waals surface area contributed by atoms with Gasteiger partial charge in [-0.2, -0.15) is 4.98 Å². The van der Waals surface area contributed by atoms with Gasteiger partial charge in [0.2, 0.25) is 11.2 Å². The Morgan fingerprint density at radius 1 is 1.56 bits per heavy atom. The van der Waals surface area contributed by atoms with Crippen LogP contribution in [0.5, 0.6) is 0 Å². The number of carbonyl (C=O) groups excluding carboxylic acids is 1. The van der Waals surface area contributed by atoms with Crippen LogP contribution in [0.25, 0.3) is 0 Å². The number of hydrogen-bond acceptors (Lipinski definition) is 4. The lowest BCUT2D eigenvalue weighted by molar-refractivity contribution is -0.120. The van der Waals surface area contributed by atoms with Gasteiger partial charge in [-0.1, -0.05) is 0 Å². The predicted molar refractivity (Wildman–Crippen MR) is 60.4 cm³/mol. The Balaban J connectivity index is 2.02. The molecule has 16 heavy (non-hydrogen) atoms. The lowest BCUT2D eigenvalue weighted by atomic mass is 9.92. The van der Waals surface area contributed by atoms with Gasteiger partial charge in [0.25, 0.3) is 0 Å². The molecule has 1 saturated carbocycles. The van der Waals surface area contributed by atoms with Crippen molar-refractivity contribution in [3.63, 3.8) is 0 Å². The third-order valence-corrected chi connectivity index (χ3v) is 3.43. The van der Waals surface area contributed by atoms with Gasteiger partial charge in [-0.3, -0.25) is 4.79 Å². The molecule has 1 fully saturated rings. The van der Waals surface area contributed by atoms with Gasteiger partial charge in [0.05, 0.1) is 6.20 Å². The molecule has 0 aromatic carbocycles. The SMILES string of the molecule is CC1(C2CC2)Nc2nc(Cl)ncc2NC1=O. The highest BCUT2D eigenvalue weighted by molar-refractivity contribution is 6.28. The van der Waals surface area contributed by atoms with E-state index >= 15 is 0 Å². The molecule has 1 aromatic heterocycles. The normalized spacial score (nSPS) is 28.0. The summed E-state index contributed by atoms with van der Waals surface area (Å²) in [6.07, 6.45) is 3.66. The maximum atomic E-state index is 12.0. The zero-order chi connectivity index (χ0) is 11.3. The van der Waals surface area contributed by atoms with Gasteiger partial charge in [-0.15, -0.1) is 0 Å². The van der Waals surface area contributed by atoms with E-state index in [1.807, 2.05) is 6.92 Å². The van der Waals surface area contributed by atoms with E-state index in [9.17, 15) is 4.79 Å².